The number of carbonyl (C=O) groups is 2. The quantitative estimate of drug-likeness (QED) is 0.539. The van der Waals surface area contributed by atoms with Gasteiger partial charge in [0.25, 0.3) is 5.91 Å². The lowest BCUT2D eigenvalue weighted by Crippen LogP contribution is -2.20. The fourth-order valence-electron chi connectivity index (χ4n) is 2.37. The highest BCUT2D eigenvalue weighted by Gasteiger charge is 2.10. The van der Waals surface area contributed by atoms with Crippen LogP contribution in [0.4, 0.5) is 5.69 Å². The molecule has 2 aromatic carbocycles. The first-order valence-corrected chi connectivity index (χ1v) is 8.85. The van der Waals surface area contributed by atoms with Crippen LogP contribution < -0.4 is 10.1 Å². The SMILES string of the molecule is CCOCCOC(=O)c1cccc(NC(=O)COc2cccc(C)c2C)c1. The number of ether oxygens (including phenoxy) is 3. The number of rotatable bonds is 9. The maximum atomic E-state index is 12.1. The minimum atomic E-state index is -0.461. The van der Waals surface area contributed by atoms with E-state index in [2.05, 4.69) is 5.32 Å². The van der Waals surface area contributed by atoms with Gasteiger partial charge in [-0.2, -0.15) is 0 Å². The third kappa shape index (κ3) is 6.42. The van der Waals surface area contributed by atoms with Crippen molar-refractivity contribution in [2.75, 3.05) is 31.7 Å². The highest BCUT2D eigenvalue weighted by Crippen LogP contribution is 2.20. The Balaban J connectivity index is 1.88. The van der Waals surface area contributed by atoms with Gasteiger partial charge >= 0.3 is 5.97 Å². The van der Waals surface area contributed by atoms with Crippen LogP contribution in [0.25, 0.3) is 0 Å². The Labute approximate surface area is 159 Å². The molecule has 27 heavy (non-hydrogen) atoms. The third-order valence-electron chi connectivity index (χ3n) is 3.96. The monoisotopic (exact) mass is 371 g/mol. The van der Waals surface area contributed by atoms with Crippen molar-refractivity contribution >= 4 is 17.6 Å². The van der Waals surface area contributed by atoms with Crippen LogP contribution in [0.5, 0.6) is 5.75 Å². The summed E-state index contributed by atoms with van der Waals surface area (Å²) in [6.45, 7) is 6.81. The third-order valence-corrected chi connectivity index (χ3v) is 3.96. The average Bonchev–Trinajstić information content (AvgIpc) is 2.66. The summed E-state index contributed by atoms with van der Waals surface area (Å²) in [5.41, 5.74) is 2.97. The molecule has 0 atom stereocenters. The molecule has 1 amide bonds. The number of hydrogen-bond donors (Lipinski definition) is 1. The molecule has 2 aromatic rings. The molecule has 0 saturated carbocycles. The highest BCUT2D eigenvalue weighted by molar-refractivity contribution is 5.95. The maximum absolute atomic E-state index is 12.1. The van der Waals surface area contributed by atoms with E-state index < -0.39 is 5.97 Å². The molecule has 6 nitrogen and oxygen atoms in total. The summed E-state index contributed by atoms with van der Waals surface area (Å²) in [5, 5.41) is 2.72. The van der Waals surface area contributed by atoms with Gasteiger partial charge in [-0.1, -0.05) is 18.2 Å². The number of hydrogen-bond acceptors (Lipinski definition) is 5. The molecule has 0 aliphatic rings. The van der Waals surface area contributed by atoms with Crippen LogP contribution in [0.3, 0.4) is 0 Å². The van der Waals surface area contributed by atoms with Gasteiger partial charge in [0.1, 0.15) is 12.4 Å². The number of aryl methyl sites for hydroxylation is 1. The van der Waals surface area contributed by atoms with E-state index in [1.807, 2.05) is 39.0 Å². The van der Waals surface area contributed by atoms with E-state index in [0.29, 0.717) is 30.2 Å². The van der Waals surface area contributed by atoms with Crippen LogP contribution in [0.1, 0.15) is 28.4 Å². The van der Waals surface area contributed by atoms with E-state index in [-0.39, 0.29) is 19.1 Å². The van der Waals surface area contributed by atoms with Crippen molar-refractivity contribution in [1.82, 2.24) is 0 Å². The molecule has 0 fully saturated rings. The van der Waals surface area contributed by atoms with E-state index in [4.69, 9.17) is 14.2 Å². The summed E-state index contributed by atoms with van der Waals surface area (Å²) < 4.78 is 15.8. The second-order valence-electron chi connectivity index (χ2n) is 5.95. The molecule has 0 aliphatic heterocycles. The van der Waals surface area contributed by atoms with Gasteiger partial charge in [0.15, 0.2) is 6.61 Å². The van der Waals surface area contributed by atoms with Crippen molar-refractivity contribution in [1.29, 1.82) is 0 Å². The Hall–Kier alpha value is -2.86. The number of carbonyl (C=O) groups excluding carboxylic acids is 2. The summed E-state index contributed by atoms with van der Waals surface area (Å²) in [5.74, 6) is -0.0908. The number of nitrogens with one attached hydrogen (secondary N) is 1. The molecule has 0 spiro atoms. The maximum Gasteiger partial charge on any atom is 0.338 e. The molecule has 0 bridgehead atoms. The first kappa shape index (κ1) is 20.5. The lowest BCUT2D eigenvalue weighted by atomic mass is 10.1. The van der Waals surface area contributed by atoms with Gasteiger partial charge in [-0.3, -0.25) is 4.79 Å². The van der Waals surface area contributed by atoms with E-state index in [9.17, 15) is 9.59 Å². The molecular weight excluding hydrogens is 346 g/mol. The number of benzene rings is 2. The van der Waals surface area contributed by atoms with Crippen molar-refractivity contribution in [3.63, 3.8) is 0 Å². The van der Waals surface area contributed by atoms with Gasteiger partial charge in [-0.05, 0) is 56.2 Å². The minimum absolute atomic E-state index is 0.118. The second-order valence-corrected chi connectivity index (χ2v) is 5.95. The topological polar surface area (TPSA) is 73.9 Å². The zero-order valence-electron chi connectivity index (χ0n) is 15.9. The zero-order valence-corrected chi connectivity index (χ0v) is 15.9. The Morgan fingerprint density at radius 2 is 1.81 bits per heavy atom. The van der Waals surface area contributed by atoms with Crippen molar-refractivity contribution < 1.29 is 23.8 Å². The Kier molecular flexibility index (Phi) is 7.82. The first-order valence-electron chi connectivity index (χ1n) is 8.85. The van der Waals surface area contributed by atoms with Crippen molar-refractivity contribution in [3.8, 4) is 5.75 Å². The largest absolute Gasteiger partial charge is 0.483 e. The van der Waals surface area contributed by atoms with Crippen LogP contribution in [-0.2, 0) is 14.3 Å². The van der Waals surface area contributed by atoms with E-state index in [1.54, 1.807) is 24.3 Å². The zero-order chi connectivity index (χ0) is 19.6. The molecule has 1 N–H and O–H groups in total. The Bertz CT molecular complexity index is 788. The van der Waals surface area contributed by atoms with Gasteiger partial charge in [-0.25, -0.2) is 4.79 Å². The molecule has 0 aliphatic carbocycles. The average molecular weight is 371 g/mol. The molecule has 6 heteroatoms. The van der Waals surface area contributed by atoms with Crippen LogP contribution in [-0.4, -0.2) is 38.3 Å². The molecule has 0 heterocycles. The van der Waals surface area contributed by atoms with Gasteiger partial charge in [0.2, 0.25) is 0 Å². The van der Waals surface area contributed by atoms with Crippen LogP contribution >= 0.6 is 0 Å². The van der Waals surface area contributed by atoms with Gasteiger partial charge in [0, 0.05) is 12.3 Å². The lowest BCUT2D eigenvalue weighted by molar-refractivity contribution is -0.118. The minimum Gasteiger partial charge on any atom is -0.483 e. The molecule has 2 rings (SSSR count). The van der Waals surface area contributed by atoms with Crippen LogP contribution in [0, 0.1) is 13.8 Å². The van der Waals surface area contributed by atoms with Crippen molar-refractivity contribution in [2.24, 2.45) is 0 Å². The fraction of sp³-hybridized carbons (Fsp3) is 0.333. The summed E-state index contributed by atoms with van der Waals surface area (Å²) in [7, 11) is 0. The van der Waals surface area contributed by atoms with Crippen molar-refractivity contribution in [2.45, 2.75) is 20.8 Å². The Morgan fingerprint density at radius 3 is 2.59 bits per heavy atom. The van der Waals surface area contributed by atoms with E-state index in [1.165, 1.54) is 0 Å². The van der Waals surface area contributed by atoms with Gasteiger partial charge in [-0.15, -0.1) is 0 Å². The van der Waals surface area contributed by atoms with Gasteiger partial charge in [0.05, 0.1) is 12.2 Å². The first-order chi connectivity index (χ1) is 13.0. The second kappa shape index (κ2) is 10.3. The van der Waals surface area contributed by atoms with E-state index in [0.717, 1.165) is 11.1 Å². The normalized spacial score (nSPS) is 10.3. The summed E-state index contributed by atoms with van der Waals surface area (Å²) >= 11 is 0. The molecule has 0 aromatic heterocycles. The molecular formula is C21H25NO5. The highest BCUT2D eigenvalue weighted by atomic mass is 16.6. The lowest BCUT2D eigenvalue weighted by Gasteiger charge is -2.11. The van der Waals surface area contributed by atoms with E-state index >= 15 is 0 Å². The predicted octanol–water partition coefficient (Wildman–Crippen LogP) is 3.51. The number of amides is 1. The molecule has 0 radical (unpaired) electrons. The van der Waals surface area contributed by atoms with Crippen molar-refractivity contribution in [3.05, 3.63) is 59.2 Å². The van der Waals surface area contributed by atoms with Crippen LogP contribution in [0.2, 0.25) is 0 Å². The molecule has 0 unspecified atom stereocenters. The summed E-state index contributed by atoms with van der Waals surface area (Å²) in [6, 6.07) is 12.3. The Morgan fingerprint density at radius 1 is 1.04 bits per heavy atom. The smallest absolute Gasteiger partial charge is 0.338 e. The molecule has 144 valence electrons. The number of anilines is 1. The fourth-order valence-corrected chi connectivity index (χ4v) is 2.37. The predicted molar refractivity (Wildman–Crippen MR) is 103 cm³/mol. The summed E-state index contributed by atoms with van der Waals surface area (Å²) in [4.78, 5) is 24.1. The number of esters is 1. The van der Waals surface area contributed by atoms with Crippen LogP contribution in [0.15, 0.2) is 42.5 Å². The van der Waals surface area contributed by atoms with Gasteiger partial charge < -0.3 is 19.5 Å². The molecule has 0 saturated heterocycles. The summed E-state index contributed by atoms with van der Waals surface area (Å²) in [6.07, 6.45) is 0. The standard InChI is InChI=1S/C21H25NO5/c1-4-25-11-12-26-21(24)17-8-6-9-18(13-17)22-20(23)14-27-19-10-5-7-15(2)16(19)3/h5-10,13H,4,11-12,14H2,1-3H3,(H,22,23).